The number of carbonyl (C=O) groups is 1. The minimum Gasteiger partial charge on any atom is -0.334 e. The summed E-state index contributed by atoms with van der Waals surface area (Å²) >= 11 is 1.30. The van der Waals surface area contributed by atoms with Crippen LogP contribution in [0.2, 0.25) is 0 Å². The van der Waals surface area contributed by atoms with Crippen molar-refractivity contribution < 1.29 is 13.6 Å². The van der Waals surface area contributed by atoms with E-state index in [2.05, 4.69) is 41.6 Å². The number of anilines is 1. The van der Waals surface area contributed by atoms with Crippen LogP contribution in [0.5, 0.6) is 0 Å². The molecule has 1 aromatic heterocycles. The minimum absolute atomic E-state index is 0.0515. The van der Waals surface area contributed by atoms with Gasteiger partial charge in [0.1, 0.15) is 16.6 Å². The third-order valence-corrected chi connectivity index (χ3v) is 4.77. The maximum absolute atomic E-state index is 13.5. The fourth-order valence-corrected chi connectivity index (χ4v) is 2.59. The van der Waals surface area contributed by atoms with Gasteiger partial charge in [-0.05, 0) is 12.5 Å². The van der Waals surface area contributed by atoms with Crippen LogP contribution in [0.1, 0.15) is 37.8 Å². The number of nitrogens with one attached hydrogen (secondary N) is 2. The molecule has 1 heterocycles. The van der Waals surface area contributed by atoms with Crippen LogP contribution in [0.3, 0.4) is 0 Å². The summed E-state index contributed by atoms with van der Waals surface area (Å²) in [5.74, 6) is -1.36. The third-order valence-electron chi connectivity index (χ3n) is 3.56. The summed E-state index contributed by atoms with van der Waals surface area (Å²) in [7, 11) is 0. The van der Waals surface area contributed by atoms with Gasteiger partial charge in [0.2, 0.25) is 5.13 Å². The molecule has 0 aliphatic heterocycles. The normalized spacial score (nSPS) is 11.3. The molecule has 2 aromatic rings. The van der Waals surface area contributed by atoms with Crippen LogP contribution in [0, 0.1) is 11.6 Å². The average molecular weight is 340 g/mol. The lowest BCUT2D eigenvalue weighted by Crippen LogP contribution is -2.28. The highest BCUT2D eigenvalue weighted by molar-refractivity contribution is 7.15. The average Bonchev–Trinajstić information content (AvgIpc) is 2.95. The number of rotatable bonds is 5. The Hall–Kier alpha value is -2.09. The molecule has 0 aliphatic carbocycles. The van der Waals surface area contributed by atoms with Crippen molar-refractivity contribution in [2.24, 2.45) is 0 Å². The predicted octanol–water partition coefficient (Wildman–Crippen LogP) is 3.83. The van der Waals surface area contributed by atoms with Gasteiger partial charge in [-0.15, -0.1) is 10.2 Å². The molecule has 0 spiro atoms. The molecule has 23 heavy (non-hydrogen) atoms. The highest BCUT2D eigenvalue weighted by atomic mass is 32.1. The summed E-state index contributed by atoms with van der Waals surface area (Å²) < 4.78 is 26.3. The van der Waals surface area contributed by atoms with Crippen molar-refractivity contribution in [3.63, 3.8) is 0 Å². The number of hydrogen-bond acceptors (Lipinski definition) is 4. The smallest absolute Gasteiger partial charge is 0.321 e. The van der Waals surface area contributed by atoms with E-state index in [0.29, 0.717) is 5.13 Å². The molecule has 0 saturated carbocycles. The van der Waals surface area contributed by atoms with Crippen molar-refractivity contribution in [3.8, 4) is 0 Å². The fraction of sp³-hybridized carbons (Fsp3) is 0.400. The molecule has 0 saturated heterocycles. The number of carbonyl (C=O) groups excluding carboxylic acids is 1. The standard InChI is InChI=1S/C15H18F2N4OS/c1-4-15(2,3)12-20-21-14(23-12)19-13(22)18-8-9-5-6-10(16)7-11(9)17/h5-7H,4,8H2,1-3H3,(H2,18,19,21,22). The Balaban J connectivity index is 1.92. The van der Waals surface area contributed by atoms with Gasteiger partial charge in [-0.1, -0.05) is 38.2 Å². The number of nitrogens with zero attached hydrogens (tertiary/aromatic N) is 2. The number of halogens is 2. The van der Waals surface area contributed by atoms with E-state index in [9.17, 15) is 13.6 Å². The summed E-state index contributed by atoms with van der Waals surface area (Å²) in [5.41, 5.74) is 0.0947. The molecule has 0 fully saturated rings. The van der Waals surface area contributed by atoms with Crippen LogP contribution >= 0.6 is 11.3 Å². The lowest BCUT2D eigenvalue weighted by atomic mass is 9.91. The zero-order chi connectivity index (χ0) is 17.0. The molecule has 0 unspecified atom stereocenters. The van der Waals surface area contributed by atoms with Gasteiger partial charge in [0.25, 0.3) is 0 Å². The Labute approximate surface area is 137 Å². The lowest BCUT2D eigenvalue weighted by molar-refractivity contribution is 0.251. The predicted molar refractivity (Wildman–Crippen MR) is 85.4 cm³/mol. The van der Waals surface area contributed by atoms with E-state index in [1.807, 2.05) is 0 Å². The number of benzene rings is 1. The fourth-order valence-electron chi connectivity index (χ4n) is 1.68. The topological polar surface area (TPSA) is 66.9 Å². The van der Waals surface area contributed by atoms with E-state index in [1.165, 1.54) is 17.4 Å². The highest BCUT2D eigenvalue weighted by Crippen LogP contribution is 2.30. The molecule has 0 radical (unpaired) electrons. The van der Waals surface area contributed by atoms with Crippen LogP contribution in [0.25, 0.3) is 0 Å². The van der Waals surface area contributed by atoms with Crippen molar-refractivity contribution in [1.82, 2.24) is 15.5 Å². The van der Waals surface area contributed by atoms with Crippen LogP contribution in [0.4, 0.5) is 18.7 Å². The Morgan fingerprint density at radius 2 is 2.04 bits per heavy atom. The zero-order valence-corrected chi connectivity index (χ0v) is 13.9. The lowest BCUT2D eigenvalue weighted by Gasteiger charge is -2.17. The molecule has 2 amide bonds. The first-order valence-corrected chi connectivity index (χ1v) is 7.96. The minimum atomic E-state index is -0.701. The number of urea groups is 1. The van der Waals surface area contributed by atoms with E-state index in [-0.39, 0.29) is 17.5 Å². The Kier molecular flexibility index (Phi) is 5.25. The van der Waals surface area contributed by atoms with Gasteiger partial charge in [0.05, 0.1) is 0 Å². The second-order valence-electron chi connectivity index (χ2n) is 5.69. The van der Waals surface area contributed by atoms with Gasteiger partial charge < -0.3 is 5.32 Å². The molecule has 2 rings (SSSR count). The largest absolute Gasteiger partial charge is 0.334 e. The molecule has 0 atom stereocenters. The van der Waals surface area contributed by atoms with Gasteiger partial charge in [-0.2, -0.15) is 0 Å². The number of amides is 2. The second-order valence-corrected chi connectivity index (χ2v) is 6.67. The molecule has 0 aliphatic rings. The van der Waals surface area contributed by atoms with Crippen molar-refractivity contribution >= 4 is 22.5 Å². The number of hydrogen-bond donors (Lipinski definition) is 2. The Morgan fingerprint density at radius 3 is 2.70 bits per heavy atom. The van der Waals surface area contributed by atoms with Crippen molar-refractivity contribution in [1.29, 1.82) is 0 Å². The maximum atomic E-state index is 13.5. The van der Waals surface area contributed by atoms with Crippen LogP contribution < -0.4 is 10.6 Å². The van der Waals surface area contributed by atoms with E-state index in [0.717, 1.165) is 23.6 Å². The molecule has 8 heteroatoms. The molecule has 0 bridgehead atoms. The van der Waals surface area contributed by atoms with Gasteiger partial charge >= 0.3 is 6.03 Å². The summed E-state index contributed by atoms with van der Waals surface area (Å²) in [6, 6.07) is 2.68. The van der Waals surface area contributed by atoms with Crippen molar-refractivity contribution in [3.05, 3.63) is 40.4 Å². The first kappa shape index (κ1) is 17.3. The van der Waals surface area contributed by atoms with Crippen LogP contribution in [-0.2, 0) is 12.0 Å². The summed E-state index contributed by atoms with van der Waals surface area (Å²) in [6.45, 7) is 6.10. The van der Waals surface area contributed by atoms with Gasteiger partial charge in [-0.25, -0.2) is 13.6 Å². The maximum Gasteiger partial charge on any atom is 0.321 e. The second kappa shape index (κ2) is 6.99. The highest BCUT2D eigenvalue weighted by Gasteiger charge is 2.23. The quantitative estimate of drug-likeness (QED) is 0.869. The van der Waals surface area contributed by atoms with Crippen molar-refractivity contribution in [2.45, 2.75) is 39.2 Å². The summed E-state index contributed by atoms with van der Waals surface area (Å²) in [4.78, 5) is 11.8. The van der Waals surface area contributed by atoms with E-state index >= 15 is 0 Å². The number of aromatic nitrogens is 2. The third kappa shape index (κ3) is 4.44. The summed E-state index contributed by atoms with van der Waals surface area (Å²) in [5, 5.41) is 14.3. The monoisotopic (exact) mass is 340 g/mol. The first-order valence-electron chi connectivity index (χ1n) is 7.14. The molecule has 124 valence electrons. The molecule has 1 aromatic carbocycles. The van der Waals surface area contributed by atoms with E-state index < -0.39 is 17.7 Å². The Morgan fingerprint density at radius 1 is 1.30 bits per heavy atom. The van der Waals surface area contributed by atoms with E-state index in [1.54, 1.807) is 0 Å². The van der Waals surface area contributed by atoms with Crippen molar-refractivity contribution in [2.75, 3.05) is 5.32 Å². The summed E-state index contributed by atoms with van der Waals surface area (Å²) in [6.07, 6.45) is 0.900. The molecular weight excluding hydrogens is 322 g/mol. The van der Waals surface area contributed by atoms with Crippen LogP contribution in [-0.4, -0.2) is 16.2 Å². The van der Waals surface area contributed by atoms with Gasteiger partial charge in [-0.3, -0.25) is 5.32 Å². The molecule has 2 N–H and O–H groups in total. The SMILES string of the molecule is CCC(C)(C)c1nnc(NC(=O)NCc2ccc(F)cc2F)s1. The van der Waals surface area contributed by atoms with Gasteiger partial charge in [0.15, 0.2) is 0 Å². The van der Waals surface area contributed by atoms with Gasteiger partial charge in [0, 0.05) is 23.6 Å². The molecule has 5 nitrogen and oxygen atoms in total. The molecular formula is C15H18F2N4OS. The van der Waals surface area contributed by atoms with E-state index in [4.69, 9.17) is 0 Å². The Bertz CT molecular complexity index is 703. The zero-order valence-electron chi connectivity index (χ0n) is 13.1. The van der Waals surface area contributed by atoms with Crippen LogP contribution in [0.15, 0.2) is 18.2 Å². The first-order chi connectivity index (χ1) is 10.8.